The maximum Gasteiger partial charge on any atom is 0.374 e. The smallest absolute Gasteiger partial charge is 0.374 e. The first-order valence-electron chi connectivity index (χ1n) is 5.15. The normalized spacial score (nSPS) is 10.2. The Morgan fingerprint density at radius 3 is 2.42 bits per heavy atom. The average Bonchev–Trinajstić information content (AvgIpc) is 2.84. The van der Waals surface area contributed by atoms with Gasteiger partial charge in [-0.1, -0.05) is 12.1 Å². The van der Waals surface area contributed by atoms with Crippen LogP contribution in [0.1, 0.15) is 21.0 Å². The molecule has 0 aliphatic heterocycles. The standard InChI is InChI=1S/C12H9NO6/c1-18-7-5-3-2-4-6(7)10-13-8(11(14)15)9(19-10)12(16)17/h2-5H,1H3,(H,14,15)(H,16,17). The van der Waals surface area contributed by atoms with Crippen molar-refractivity contribution in [1.29, 1.82) is 0 Å². The predicted octanol–water partition coefficient (Wildman–Crippen LogP) is 1.75. The van der Waals surface area contributed by atoms with Crippen LogP contribution in [0, 0.1) is 0 Å². The number of carboxylic acid groups (broad SMARTS) is 2. The van der Waals surface area contributed by atoms with Crippen LogP contribution < -0.4 is 4.74 Å². The fraction of sp³-hybridized carbons (Fsp3) is 0.0833. The first-order valence-corrected chi connectivity index (χ1v) is 5.15. The van der Waals surface area contributed by atoms with Crippen LogP contribution in [-0.2, 0) is 0 Å². The van der Waals surface area contributed by atoms with E-state index >= 15 is 0 Å². The molecule has 0 saturated carbocycles. The van der Waals surface area contributed by atoms with Crippen LogP contribution in [0.5, 0.6) is 5.75 Å². The van der Waals surface area contributed by atoms with Gasteiger partial charge in [-0.3, -0.25) is 0 Å². The topological polar surface area (TPSA) is 110 Å². The van der Waals surface area contributed by atoms with Crippen LogP contribution in [0.25, 0.3) is 11.5 Å². The lowest BCUT2D eigenvalue weighted by molar-refractivity contribution is 0.0624. The fourth-order valence-corrected chi connectivity index (χ4v) is 1.55. The lowest BCUT2D eigenvalue weighted by atomic mass is 10.2. The van der Waals surface area contributed by atoms with Crippen molar-refractivity contribution in [2.45, 2.75) is 0 Å². The third-order valence-electron chi connectivity index (χ3n) is 2.36. The molecule has 0 amide bonds. The van der Waals surface area contributed by atoms with Gasteiger partial charge in [-0.2, -0.15) is 0 Å². The number of para-hydroxylation sites is 1. The molecule has 7 heteroatoms. The molecular formula is C12H9NO6. The molecule has 2 rings (SSSR count). The summed E-state index contributed by atoms with van der Waals surface area (Å²) in [7, 11) is 1.43. The maximum absolute atomic E-state index is 10.9. The lowest BCUT2D eigenvalue weighted by Crippen LogP contribution is -2.05. The molecule has 0 aliphatic rings. The number of hydrogen-bond acceptors (Lipinski definition) is 5. The SMILES string of the molecule is COc1ccccc1-c1nc(C(=O)O)c(C(=O)O)o1. The number of aromatic nitrogens is 1. The van der Waals surface area contributed by atoms with Crippen molar-refractivity contribution in [3.05, 3.63) is 35.7 Å². The van der Waals surface area contributed by atoms with E-state index < -0.39 is 23.4 Å². The van der Waals surface area contributed by atoms with Gasteiger partial charge in [0.2, 0.25) is 17.3 Å². The summed E-state index contributed by atoms with van der Waals surface area (Å²) >= 11 is 0. The number of nitrogens with zero attached hydrogens (tertiary/aromatic N) is 1. The van der Waals surface area contributed by atoms with Crippen LogP contribution in [0.15, 0.2) is 28.7 Å². The zero-order valence-electron chi connectivity index (χ0n) is 9.78. The van der Waals surface area contributed by atoms with E-state index in [1.54, 1.807) is 24.3 Å². The number of benzene rings is 1. The molecule has 7 nitrogen and oxygen atoms in total. The third-order valence-corrected chi connectivity index (χ3v) is 2.36. The van der Waals surface area contributed by atoms with E-state index in [2.05, 4.69) is 4.98 Å². The Bertz CT molecular complexity index is 614. The Morgan fingerprint density at radius 1 is 1.21 bits per heavy atom. The number of carboxylic acids is 2. The number of carbonyl (C=O) groups is 2. The molecule has 2 aromatic rings. The molecule has 0 spiro atoms. The molecule has 1 aromatic carbocycles. The largest absolute Gasteiger partial charge is 0.496 e. The molecule has 0 radical (unpaired) electrons. The quantitative estimate of drug-likeness (QED) is 0.864. The molecular weight excluding hydrogens is 254 g/mol. The molecule has 0 atom stereocenters. The number of aromatic carboxylic acids is 2. The van der Waals surface area contributed by atoms with E-state index in [-0.39, 0.29) is 5.89 Å². The Hall–Kier alpha value is -2.83. The van der Waals surface area contributed by atoms with Gasteiger partial charge in [0, 0.05) is 0 Å². The van der Waals surface area contributed by atoms with Crippen molar-refractivity contribution < 1.29 is 29.0 Å². The second kappa shape index (κ2) is 4.81. The van der Waals surface area contributed by atoms with Crippen LogP contribution in [0.4, 0.5) is 0 Å². The van der Waals surface area contributed by atoms with E-state index in [1.165, 1.54) is 7.11 Å². The summed E-state index contributed by atoms with van der Waals surface area (Å²) in [6.07, 6.45) is 0. The van der Waals surface area contributed by atoms with E-state index in [0.717, 1.165) is 0 Å². The van der Waals surface area contributed by atoms with Crippen molar-refractivity contribution in [1.82, 2.24) is 4.98 Å². The number of oxazole rings is 1. The molecule has 1 aromatic heterocycles. The first kappa shape index (κ1) is 12.6. The Labute approximate surface area is 107 Å². The van der Waals surface area contributed by atoms with Gasteiger partial charge < -0.3 is 19.4 Å². The summed E-state index contributed by atoms with van der Waals surface area (Å²) in [6.45, 7) is 0. The number of methoxy groups -OCH3 is 1. The minimum atomic E-state index is -1.49. The van der Waals surface area contributed by atoms with Gasteiger partial charge >= 0.3 is 11.9 Å². The second-order valence-electron chi connectivity index (χ2n) is 3.51. The maximum atomic E-state index is 10.9. The summed E-state index contributed by atoms with van der Waals surface area (Å²) in [6, 6.07) is 6.59. The van der Waals surface area contributed by atoms with Gasteiger partial charge in [0.25, 0.3) is 0 Å². The number of hydrogen-bond donors (Lipinski definition) is 2. The monoisotopic (exact) mass is 263 g/mol. The van der Waals surface area contributed by atoms with Crippen molar-refractivity contribution in [3.63, 3.8) is 0 Å². The summed E-state index contributed by atoms with van der Waals surface area (Å²) in [4.78, 5) is 25.5. The van der Waals surface area contributed by atoms with Gasteiger partial charge in [-0.25, -0.2) is 14.6 Å². The Morgan fingerprint density at radius 2 is 1.89 bits per heavy atom. The number of rotatable bonds is 4. The summed E-state index contributed by atoms with van der Waals surface area (Å²) in [5, 5.41) is 17.8. The van der Waals surface area contributed by atoms with E-state index in [0.29, 0.717) is 11.3 Å². The molecule has 19 heavy (non-hydrogen) atoms. The van der Waals surface area contributed by atoms with Crippen molar-refractivity contribution in [2.24, 2.45) is 0 Å². The molecule has 1 heterocycles. The first-order chi connectivity index (χ1) is 9.04. The highest BCUT2D eigenvalue weighted by Gasteiger charge is 2.26. The zero-order valence-corrected chi connectivity index (χ0v) is 9.78. The van der Waals surface area contributed by atoms with Crippen LogP contribution in [-0.4, -0.2) is 34.2 Å². The molecule has 2 N–H and O–H groups in total. The fourth-order valence-electron chi connectivity index (χ4n) is 1.55. The molecule has 0 bridgehead atoms. The molecule has 0 aliphatic carbocycles. The lowest BCUT2D eigenvalue weighted by Gasteiger charge is -2.03. The van der Waals surface area contributed by atoms with Gasteiger partial charge in [0.15, 0.2) is 0 Å². The van der Waals surface area contributed by atoms with Crippen LogP contribution >= 0.6 is 0 Å². The summed E-state index contributed by atoms with van der Waals surface area (Å²) in [5.41, 5.74) is -0.270. The average molecular weight is 263 g/mol. The van der Waals surface area contributed by atoms with Gasteiger partial charge in [0.05, 0.1) is 12.7 Å². The molecule has 0 saturated heterocycles. The van der Waals surface area contributed by atoms with Gasteiger partial charge in [-0.15, -0.1) is 0 Å². The molecule has 0 unspecified atom stereocenters. The van der Waals surface area contributed by atoms with Gasteiger partial charge in [-0.05, 0) is 12.1 Å². The minimum absolute atomic E-state index is 0.118. The highest BCUT2D eigenvalue weighted by molar-refractivity contribution is 5.98. The Kier molecular flexibility index (Phi) is 3.19. The van der Waals surface area contributed by atoms with Gasteiger partial charge in [0.1, 0.15) is 5.75 Å². The van der Waals surface area contributed by atoms with E-state index in [4.69, 9.17) is 19.4 Å². The second-order valence-corrected chi connectivity index (χ2v) is 3.51. The van der Waals surface area contributed by atoms with Crippen LogP contribution in [0.3, 0.4) is 0 Å². The third kappa shape index (κ3) is 2.25. The zero-order chi connectivity index (χ0) is 14.0. The molecule has 98 valence electrons. The van der Waals surface area contributed by atoms with Crippen molar-refractivity contribution in [2.75, 3.05) is 7.11 Å². The summed E-state index contributed by atoms with van der Waals surface area (Å²) < 4.78 is 10.1. The predicted molar refractivity (Wildman–Crippen MR) is 62.4 cm³/mol. The summed E-state index contributed by atoms with van der Waals surface area (Å²) in [5.74, 6) is -3.40. The highest BCUT2D eigenvalue weighted by atomic mass is 16.5. The van der Waals surface area contributed by atoms with E-state index in [1.807, 2.05) is 0 Å². The van der Waals surface area contributed by atoms with Crippen LogP contribution in [0.2, 0.25) is 0 Å². The highest BCUT2D eigenvalue weighted by Crippen LogP contribution is 2.30. The molecule has 0 fully saturated rings. The van der Waals surface area contributed by atoms with Crippen molar-refractivity contribution >= 4 is 11.9 Å². The van der Waals surface area contributed by atoms with Crippen molar-refractivity contribution in [3.8, 4) is 17.2 Å². The minimum Gasteiger partial charge on any atom is -0.496 e. The number of ether oxygens (including phenoxy) is 1. The Balaban J connectivity index is 2.61. The van der Waals surface area contributed by atoms with E-state index in [9.17, 15) is 9.59 Å².